The lowest BCUT2D eigenvalue weighted by molar-refractivity contribution is -0.118. The van der Waals surface area contributed by atoms with Gasteiger partial charge in [0.2, 0.25) is 5.91 Å². The predicted molar refractivity (Wildman–Crippen MR) is 78.0 cm³/mol. The third-order valence-corrected chi connectivity index (χ3v) is 3.20. The van der Waals surface area contributed by atoms with Gasteiger partial charge >= 0.3 is 0 Å². The lowest BCUT2D eigenvalue weighted by Gasteiger charge is -2.11. The van der Waals surface area contributed by atoms with E-state index in [9.17, 15) is 9.59 Å². The van der Waals surface area contributed by atoms with Crippen LogP contribution in [0.4, 0.5) is 5.69 Å². The van der Waals surface area contributed by atoms with Crippen LogP contribution in [-0.2, 0) is 11.3 Å². The number of aromatic nitrogens is 2. The molecule has 6 nitrogen and oxygen atoms in total. The average molecular weight is 331 g/mol. The first-order valence-electron chi connectivity index (χ1n) is 6.19. The number of nitrogens with one attached hydrogen (secondary N) is 1. The zero-order valence-corrected chi connectivity index (χ0v) is 12.7. The molecule has 1 rings (SSSR count). The summed E-state index contributed by atoms with van der Waals surface area (Å²) in [5, 5.41) is 7.17. The van der Waals surface area contributed by atoms with Gasteiger partial charge in [-0.05, 0) is 28.3 Å². The summed E-state index contributed by atoms with van der Waals surface area (Å²) in [5.41, 5.74) is 5.53. The third kappa shape index (κ3) is 5.02. The molecule has 0 atom stereocenters. The van der Waals surface area contributed by atoms with E-state index in [2.05, 4.69) is 26.3 Å². The largest absolute Gasteiger partial charge is 0.383 e. The minimum atomic E-state index is -0.327. The molecule has 0 aliphatic heterocycles. The zero-order valence-electron chi connectivity index (χ0n) is 11.1. The first kappa shape index (κ1) is 15.7. The Labute approximate surface area is 120 Å². The SMILES string of the molecule is CC(C)Cn1ncc(NCCCC(N)=O)c(Br)c1=O. The number of halogens is 1. The Bertz CT molecular complexity index is 499. The molecule has 0 fully saturated rings. The highest BCUT2D eigenvalue weighted by Gasteiger charge is 2.09. The van der Waals surface area contributed by atoms with Gasteiger partial charge in [0, 0.05) is 19.5 Å². The fourth-order valence-electron chi connectivity index (χ4n) is 1.55. The van der Waals surface area contributed by atoms with Crippen molar-refractivity contribution in [1.82, 2.24) is 9.78 Å². The molecule has 106 valence electrons. The number of primary amides is 1. The standard InChI is InChI=1S/C12H19BrN4O2/c1-8(2)7-17-12(19)11(13)9(6-16-17)15-5-3-4-10(14)18/h6,8,15H,3-5,7H2,1-2H3,(H2,14,18). The van der Waals surface area contributed by atoms with Crippen molar-refractivity contribution in [2.24, 2.45) is 11.7 Å². The van der Waals surface area contributed by atoms with Crippen LogP contribution in [0, 0.1) is 5.92 Å². The maximum atomic E-state index is 12.0. The molecule has 1 amide bonds. The Morgan fingerprint density at radius 1 is 1.58 bits per heavy atom. The Hall–Kier alpha value is -1.37. The van der Waals surface area contributed by atoms with Crippen LogP contribution in [0.15, 0.2) is 15.5 Å². The summed E-state index contributed by atoms with van der Waals surface area (Å²) in [4.78, 5) is 22.6. The normalized spacial score (nSPS) is 10.7. The minimum Gasteiger partial charge on any atom is -0.383 e. The molecular weight excluding hydrogens is 312 g/mol. The smallest absolute Gasteiger partial charge is 0.283 e. The molecule has 0 spiro atoms. The Kier molecular flexibility index (Phi) is 6.01. The highest BCUT2D eigenvalue weighted by atomic mass is 79.9. The molecule has 1 aromatic heterocycles. The second kappa shape index (κ2) is 7.28. The second-order valence-corrected chi connectivity index (χ2v) is 5.54. The van der Waals surface area contributed by atoms with Crippen LogP contribution in [0.25, 0.3) is 0 Å². The molecule has 0 unspecified atom stereocenters. The van der Waals surface area contributed by atoms with Crippen LogP contribution in [-0.4, -0.2) is 22.2 Å². The van der Waals surface area contributed by atoms with Gasteiger partial charge in [0.25, 0.3) is 5.56 Å². The minimum absolute atomic E-state index is 0.159. The highest BCUT2D eigenvalue weighted by molar-refractivity contribution is 9.10. The first-order chi connectivity index (χ1) is 8.91. The van der Waals surface area contributed by atoms with Crippen molar-refractivity contribution in [1.29, 1.82) is 0 Å². The molecule has 0 saturated heterocycles. The predicted octanol–water partition coefficient (Wildman–Crippen LogP) is 1.34. The number of anilines is 1. The van der Waals surface area contributed by atoms with E-state index in [1.54, 1.807) is 6.20 Å². The highest BCUT2D eigenvalue weighted by Crippen LogP contribution is 2.16. The van der Waals surface area contributed by atoms with Gasteiger partial charge in [-0.3, -0.25) is 9.59 Å². The van der Waals surface area contributed by atoms with Crippen molar-refractivity contribution in [2.45, 2.75) is 33.2 Å². The van der Waals surface area contributed by atoms with Gasteiger partial charge in [0.15, 0.2) is 0 Å². The van der Waals surface area contributed by atoms with Crippen molar-refractivity contribution in [3.8, 4) is 0 Å². The van der Waals surface area contributed by atoms with Crippen LogP contribution in [0.3, 0.4) is 0 Å². The van der Waals surface area contributed by atoms with Crippen molar-refractivity contribution < 1.29 is 4.79 Å². The molecule has 0 aliphatic rings. The number of hydrogen-bond acceptors (Lipinski definition) is 4. The number of nitrogens with zero attached hydrogens (tertiary/aromatic N) is 2. The molecule has 3 N–H and O–H groups in total. The zero-order chi connectivity index (χ0) is 14.4. The molecule has 0 aromatic carbocycles. The monoisotopic (exact) mass is 330 g/mol. The third-order valence-electron chi connectivity index (χ3n) is 2.44. The van der Waals surface area contributed by atoms with Crippen molar-refractivity contribution >= 4 is 27.5 Å². The first-order valence-corrected chi connectivity index (χ1v) is 6.99. The second-order valence-electron chi connectivity index (χ2n) is 4.75. The van der Waals surface area contributed by atoms with Gasteiger partial charge in [0.1, 0.15) is 4.47 Å². The molecule has 1 aromatic rings. The van der Waals surface area contributed by atoms with Gasteiger partial charge in [0.05, 0.1) is 11.9 Å². The maximum absolute atomic E-state index is 12.0. The summed E-state index contributed by atoms with van der Waals surface area (Å²) in [6.07, 6.45) is 2.55. The van der Waals surface area contributed by atoms with E-state index in [1.165, 1.54) is 4.68 Å². The molecule has 19 heavy (non-hydrogen) atoms. The lowest BCUT2D eigenvalue weighted by atomic mass is 10.2. The number of amides is 1. The summed E-state index contributed by atoms with van der Waals surface area (Å²) < 4.78 is 1.89. The summed E-state index contributed by atoms with van der Waals surface area (Å²) in [7, 11) is 0. The Morgan fingerprint density at radius 3 is 2.84 bits per heavy atom. The molecule has 7 heteroatoms. The maximum Gasteiger partial charge on any atom is 0.283 e. The van der Waals surface area contributed by atoms with Gasteiger partial charge in [-0.15, -0.1) is 0 Å². The van der Waals surface area contributed by atoms with E-state index in [1.807, 2.05) is 13.8 Å². The number of hydrogen-bond donors (Lipinski definition) is 2. The molecule has 1 heterocycles. The van der Waals surface area contributed by atoms with E-state index in [0.29, 0.717) is 42.0 Å². The number of rotatable bonds is 7. The number of nitrogens with two attached hydrogens (primary N) is 1. The molecule has 0 radical (unpaired) electrons. The average Bonchev–Trinajstić information content (AvgIpc) is 2.32. The topological polar surface area (TPSA) is 90.0 Å². The van der Waals surface area contributed by atoms with Gasteiger partial charge in [-0.25, -0.2) is 4.68 Å². The van der Waals surface area contributed by atoms with Crippen molar-refractivity contribution in [3.63, 3.8) is 0 Å². The van der Waals surface area contributed by atoms with Crippen molar-refractivity contribution in [2.75, 3.05) is 11.9 Å². The molecule has 0 aliphatic carbocycles. The quantitative estimate of drug-likeness (QED) is 0.738. The van der Waals surface area contributed by atoms with E-state index < -0.39 is 0 Å². The fraction of sp³-hybridized carbons (Fsp3) is 0.583. The van der Waals surface area contributed by atoms with Gasteiger partial charge in [-0.1, -0.05) is 13.8 Å². The number of carbonyl (C=O) groups excluding carboxylic acids is 1. The van der Waals surface area contributed by atoms with Crippen molar-refractivity contribution in [3.05, 3.63) is 21.0 Å². The van der Waals surface area contributed by atoms with E-state index in [-0.39, 0.29) is 11.5 Å². The van der Waals surface area contributed by atoms with E-state index >= 15 is 0 Å². The summed E-state index contributed by atoms with van der Waals surface area (Å²) in [6.45, 7) is 5.20. The van der Waals surface area contributed by atoms with Crippen LogP contribution in [0.2, 0.25) is 0 Å². The van der Waals surface area contributed by atoms with Gasteiger partial charge < -0.3 is 11.1 Å². The number of carbonyl (C=O) groups is 1. The van der Waals surface area contributed by atoms with Crippen LogP contribution >= 0.6 is 15.9 Å². The van der Waals surface area contributed by atoms with E-state index in [0.717, 1.165) is 0 Å². The summed E-state index contributed by atoms with van der Waals surface area (Å²) in [5.74, 6) is 0.0258. The molecule has 0 saturated carbocycles. The Morgan fingerprint density at radius 2 is 2.26 bits per heavy atom. The van der Waals surface area contributed by atoms with Gasteiger partial charge in [-0.2, -0.15) is 5.10 Å². The molecular formula is C12H19BrN4O2. The van der Waals surface area contributed by atoms with E-state index in [4.69, 9.17) is 5.73 Å². The fourth-order valence-corrected chi connectivity index (χ4v) is 2.00. The lowest BCUT2D eigenvalue weighted by Crippen LogP contribution is -2.26. The summed E-state index contributed by atoms with van der Waals surface area (Å²) in [6, 6.07) is 0. The Balaban J connectivity index is 2.68. The molecule has 0 bridgehead atoms. The van der Waals surface area contributed by atoms with Crippen LogP contribution in [0.5, 0.6) is 0 Å². The van der Waals surface area contributed by atoms with Crippen LogP contribution in [0.1, 0.15) is 26.7 Å². The summed E-state index contributed by atoms with van der Waals surface area (Å²) >= 11 is 3.27. The van der Waals surface area contributed by atoms with Crippen LogP contribution < -0.4 is 16.6 Å².